The van der Waals surface area contributed by atoms with Crippen molar-refractivity contribution < 1.29 is 81.3 Å². The maximum absolute atomic E-state index is 10.7. The predicted octanol–water partition coefficient (Wildman–Crippen LogP) is -16.5. The van der Waals surface area contributed by atoms with E-state index in [1.54, 1.807) is 0 Å². The van der Waals surface area contributed by atoms with Gasteiger partial charge in [-0.1, -0.05) is 6.42 Å². The van der Waals surface area contributed by atoms with E-state index in [2.05, 4.69) is 80.7 Å². The highest BCUT2D eigenvalue weighted by Gasteiger charge is 2.23. The lowest BCUT2D eigenvalue weighted by Gasteiger charge is -2.35. The molecule has 0 aromatic carbocycles. The molecule has 0 bridgehead atoms. The van der Waals surface area contributed by atoms with E-state index in [4.69, 9.17) is 51.0 Å². The molecule has 1 aliphatic heterocycles. The number of hydrogen-bond donors (Lipinski definition) is 29. The minimum atomic E-state index is -0.993. The van der Waals surface area contributed by atoms with Crippen molar-refractivity contribution >= 4 is 0 Å². The maximum atomic E-state index is 10.7. The zero-order valence-corrected chi connectivity index (χ0v) is 70.2. The average molecular weight is 1660 g/mol. The summed E-state index contributed by atoms with van der Waals surface area (Å²) < 4.78 is 4.61. The molecule has 1 rings (SSSR count). The zero-order chi connectivity index (χ0) is 84.9. The van der Waals surface area contributed by atoms with Crippen LogP contribution in [-0.4, -0.2) is 586 Å². The molecule has 114 heavy (non-hydrogen) atoms. The van der Waals surface area contributed by atoms with Gasteiger partial charge in [-0.2, -0.15) is 0 Å². The Labute approximate surface area is 684 Å². The van der Waals surface area contributed by atoms with Gasteiger partial charge in [-0.05, 0) is 25.9 Å². The first kappa shape index (κ1) is 114. The molecule has 0 aliphatic carbocycles. The molecule has 0 saturated carbocycles. The van der Waals surface area contributed by atoms with Crippen molar-refractivity contribution in [2.24, 2.45) is 45.9 Å². The third kappa shape index (κ3) is 72.0. The van der Waals surface area contributed by atoms with Gasteiger partial charge >= 0.3 is 0 Å². The van der Waals surface area contributed by atoms with Crippen molar-refractivity contribution in [3.63, 3.8) is 0 Å². The van der Waals surface area contributed by atoms with E-state index < -0.39 is 62.5 Å². The van der Waals surface area contributed by atoms with E-state index in [1.165, 1.54) is 12.8 Å². The molecule has 688 valence electrons. The summed E-state index contributed by atoms with van der Waals surface area (Å²) >= 11 is 0. The van der Waals surface area contributed by atoms with Crippen LogP contribution in [0.1, 0.15) is 19.3 Å². The number of aliphatic hydroxyl groups excluding tert-OH is 15. The number of hydrogen-bond acceptors (Lipinski definition) is 41. The van der Waals surface area contributed by atoms with Crippen molar-refractivity contribution in [2.75, 3.05) is 406 Å². The quantitative estimate of drug-likeness (QED) is 0.0199. The molecule has 8 atom stereocenters. The lowest BCUT2D eigenvalue weighted by molar-refractivity contribution is 0.0454. The number of epoxide rings is 1. The Morgan fingerprint density at radius 2 is 0.439 bits per heavy atom. The second-order valence-electron chi connectivity index (χ2n) is 29.3. The van der Waals surface area contributed by atoms with Crippen molar-refractivity contribution in [3.05, 3.63) is 0 Å². The molecule has 1 fully saturated rings. The molecule has 0 aromatic heterocycles. The standard InChI is InChI=1S/C45H105N13O14.C25H64N12.C3H6O2/c46-1-7-52(9-3-48-25-39(66)32-59)13-14-54(18-21-56(29-43(70)36-63)11-5-50-27-41(68)34-61)15-16-55(19-22-57(30-44(71)37-64)12-6-51-28-42(69)35-62)20-24-58(31-45(72)38-65)23-17-53(8-2-47)10-4-49-26-40(67)33-60;26-4-2-1-3-14-34(22-24-36(17-8-30)18-9-31)23-25-37(20-11-32-10-5-27)21-13-33-12-19-35(15-6-28)16-7-29;4-1-3-2-5-3/h39-45,48-51,59-72H,1-38,46-47H2;32-33H,1-31H2;3-4H,1-2H2. The van der Waals surface area contributed by atoms with Crippen LogP contribution >= 0.6 is 0 Å². The second-order valence-corrected chi connectivity index (χ2v) is 29.3. The third-order valence-electron chi connectivity index (χ3n) is 19.3. The van der Waals surface area contributed by atoms with Gasteiger partial charge in [-0.15, -0.1) is 0 Å². The first-order valence-electron chi connectivity index (χ1n) is 42.3. The topological polar surface area (TPSA) is 632 Å². The molecular formula is C73H175N25O16. The Bertz CT molecular complexity index is 1940. The van der Waals surface area contributed by atoms with Crippen LogP contribution in [0, 0.1) is 0 Å². The summed E-state index contributed by atoms with van der Waals surface area (Å²) in [5.74, 6) is 0. The summed E-state index contributed by atoms with van der Waals surface area (Å²) in [5.41, 5.74) is 46.4. The summed E-state index contributed by atoms with van der Waals surface area (Å²) in [6.07, 6.45) is -2.86. The molecule has 1 heterocycles. The average Bonchev–Trinajstić information content (AvgIpc) is 1.62. The molecular weight excluding hydrogens is 1480 g/mol. The van der Waals surface area contributed by atoms with Gasteiger partial charge in [0.25, 0.3) is 0 Å². The Morgan fingerprint density at radius 3 is 0.675 bits per heavy atom. The third-order valence-corrected chi connectivity index (χ3v) is 19.3. The van der Waals surface area contributed by atoms with E-state index in [0.29, 0.717) is 190 Å². The fourth-order valence-electron chi connectivity index (χ4n) is 12.2. The fourth-order valence-corrected chi connectivity index (χ4v) is 12.2. The Morgan fingerprint density at radius 1 is 0.228 bits per heavy atom. The minimum absolute atomic E-state index is 0.183. The SMILES string of the molecule is NCCCCCN(CCN(CCN)CCN)CCN(CCNCCN)CCNCCN(CCN)CCN.NCCN(CCNCC(O)CO)CCN(CCN(CCN(CCNCC(O)CO)CC(O)CO)CCN(CCN(CCN)CCNCC(O)CO)CC(O)CO)CCN(CCNCC(O)CO)CC(O)CO.OCC1CO1. The summed E-state index contributed by atoms with van der Waals surface area (Å²) in [6.45, 7) is 32.5. The van der Waals surface area contributed by atoms with Crippen LogP contribution in [-0.2, 0) is 4.74 Å². The van der Waals surface area contributed by atoms with Crippen LogP contribution in [0.4, 0.5) is 0 Å². The summed E-state index contributed by atoms with van der Waals surface area (Å²) in [5, 5.41) is 165. The van der Waals surface area contributed by atoms with Crippen LogP contribution in [0.15, 0.2) is 0 Å². The van der Waals surface area contributed by atoms with Gasteiger partial charge in [-0.3, -0.25) is 49.0 Å². The Balaban J connectivity index is 0. The normalized spacial score (nSPS) is 15.3. The van der Waals surface area contributed by atoms with Crippen LogP contribution in [0.5, 0.6) is 0 Å². The van der Waals surface area contributed by atoms with E-state index in [0.717, 1.165) is 124 Å². The van der Waals surface area contributed by atoms with E-state index in [9.17, 15) is 71.5 Å². The highest BCUT2D eigenvalue weighted by molar-refractivity contribution is 4.79. The second kappa shape index (κ2) is 83.6. The van der Waals surface area contributed by atoms with Crippen molar-refractivity contribution in [2.45, 2.75) is 68.1 Å². The summed E-state index contributed by atoms with van der Waals surface area (Å²) in [6, 6.07) is 0. The van der Waals surface area contributed by atoms with Gasteiger partial charge in [0.15, 0.2) is 0 Å². The first-order valence-corrected chi connectivity index (χ1v) is 42.3. The molecule has 0 amide bonds. The van der Waals surface area contributed by atoms with Gasteiger partial charge in [0.1, 0.15) is 6.10 Å². The van der Waals surface area contributed by atoms with Gasteiger partial charge in [0, 0.05) is 334 Å². The molecule has 8 unspecified atom stereocenters. The molecule has 0 radical (unpaired) electrons. The fraction of sp³-hybridized carbons (Fsp3) is 1.00. The molecule has 41 heteroatoms. The molecule has 1 saturated heterocycles. The van der Waals surface area contributed by atoms with Gasteiger partial charge in [0.2, 0.25) is 0 Å². The number of nitrogens with one attached hydrogen (secondary N) is 6. The number of rotatable bonds is 86. The number of aliphatic hydroxyl groups is 15. The van der Waals surface area contributed by atoms with Crippen LogP contribution in [0.25, 0.3) is 0 Å². The highest BCUT2D eigenvalue weighted by Crippen LogP contribution is 2.07. The Hall–Kier alpha value is -1.64. The molecule has 1 aliphatic rings. The lowest BCUT2D eigenvalue weighted by atomic mass is 10.2. The number of ether oxygens (including phenoxy) is 1. The van der Waals surface area contributed by atoms with Gasteiger partial charge in [0.05, 0.1) is 102 Å². The zero-order valence-electron chi connectivity index (χ0n) is 70.2. The van der Waals surface area contributed by atoms with Crippen LogP contribution in [0.3, 0.4) is 0 Å². The summed E-state index contributed by atoms with van der Waals surface area (Å²) in [4.78, 5) is 25.0. The number of unbranched alkanes of at least 4 members (excludes halogenated alkanes) is 2. The predicted molar refractivity (Wildman–Crippen MR) is 453 cm³/mol. The Kier molecular flexibility index (Phi) is 83.9. The van der Waals surface area contributed by atoms with E-state index >= 15 is 0 Å². The number of nitrogens with two attached hydrogens (primary N) is 8. The molecule has 0 aromatic rings. The molecule has 0 spiro atoms. The van der Waals surface area contributed by atoms with Gasteiger partial charge in [-0.25, -0.2) is 0 Å². The van der Waals surface area contributed by atoms with Crippen molar-refractivity contribution in [1.82, 2.24) is 85.8 Å². The summed E-state index contributed by atoms with van der Waals surface area (Å²) in [7, 11) is 0. The monoisotopic (exact) mass is 1660 g/mol. The molecule has 41 nitrogen and oxygen atoms in total. The van der Waals surface area contributed by atoms with Crippen LogP contribution in [0.2, 0.25) is 0 Å². The first-order chi connectivity index (χ1) is 55.3. The minimum Gasteiger partial charge on any atom is -0.394 e. The highest BCUT2D eigenvalue weighted by atomic mass is 16.6. The van der Waals surface area contributed by atoms with E-state index in [1.807, 2.05) is 9.80 Å². The lowest BCUT2D eigenvalue weighted by Crippen LogP contribution is -2.49. The van der Waals surface area contributed by atoms with Crippen LogP contribution < -0.4 is 77.8 Å². The van der Waals surface area contributed by atoms with E-state index in [-0.39, 0.29) is 85.0 Å². The smallest absolute Gasteiger partial charge is 0.104 e. The maximum Gasteiger partial charge on any atom is 0.104 e. The van der Waals surface area contributed by atoms with Gasteiger partial charge < -0.3 is 164 Å². The van der Waals surface area contributed by atoms with Crippen molar-refractivity contribution in [3.8, 4) is 0 Å². The van der Waals surface area contributed by atoms with Crippen molar-refractivity contribution in [1.29, 1.82) is 0 Å². The largest absolute Gasteiger partial charge is 0.394 e. The molecule has 37 N–H and O–H groups in total. The number of nitrogens with zero attached hydrogens (tertiary/aromatic N) is 11.